The van der Waals surface area contributed by atoms with Crippen molar-refractivity contribution >= 4 is 0 Å². The number of nitrogens with one attached hydrogen (secondary N) is 1. The third-order valence-corrected chi connectivity index (χ3v) is 3.24. The van der Waals surface area contributed by atoms with E-state index in [1.807, 2.05) is 35.3 Å². The zero-order valence-corrected chi connectivity index (χ0v) is 12.9. The van der Waals surface area contributed by atoms with Crippen molar-refractivity contribution in [1.82, 2.24) is 15.1 Å². The van der Waals surface area contributed by atoms with E-state index in [1.54, 1.807) is 7.11 Å². The second-order valence-electron chi connectivity index (χ2n) is 4.75. The molecule has 0 fully saturated rings. The third kappa shape index (κ3) is 4.23. The second-order valence-corrected chi connectivity index (χ2v) is 4.75. The maximum atomic E-state index is 5.95. The Kier molecular flexibility index (Phi) is 5.63. The average Bonchev–Trinajstić information content (AvgIpc) is 2.99. The predicted octanol–water partition coefficient (Wildman–Crippen LogP) is 2.60. The fraction of sp³-hybridized carbons (Fsp3) is 0.438. The molecule has 0 saturated heterocycles. The first-order chi connectivity index (χ1) is 10.3. The third-order valence-electron chi connectivity index (χ3n) is 3.24. The summed E-state index contributed by atoms with van der Waals surface area (Å²) in [6.45, 7) is 7.23. The first-order valence-electron chi connectivity index (χ1n) is 7.28. The highest BCUT2D eigenvalue weighted by Crippen LogP contribution is 2.25. The van der Waals surface area contributed by atoms with Crippen molar-refractivity contribution in [3.05, 3.63) is 41.7 Å². The van der Waals surface area contributed by atoms with Gasteiger partial charge in [0.1, 0.15) is 18.1 Å². The number of ether oxygens (including phenoxy) is 2. The van der Waals surface area contributed by atoms with E-state index < -0.39 is 0 Å². The molecule has 5 nitrogen and oxygen atoms in total. The highest BCUT2D eigenvalue weighted by atomic mass is 16.5. The molecule has 21 heavy (non-hydrogen) atoms. The largest absolute Gasteiger partial charge is 0.497 e. The van der Waals surface area contributed by atoms with Gasteiger partial charge in [0.15, 0.2) is 0 Å². The van der Waals surface area contributed by atoms with E-state index in [0.29, 0.717) is 6.61 Å². The predicted molar refractivity (Wildman–Crippen MR) is 82.6 cm³/mol. The Balaban J connectivity index is 2.08. The molecular weight excluding hydrogens is 266 g/mol. The van der Waals surface area contributed by atoms with Crippen LogP contribution < -0.4 is 14.8 Å². The lowest BCUT2D eigenvalue weighted by atomic mass is 10.2. The lowest BCUT2D eigenvalue weighted by molar-refractivity contribution is 0.299. The Hall–Kier alpha value is -2.01. The van der Waals surface area contributed by atoms with E-state index in [0.717, 1.165) is 42.3 Å². The summed E-state index contributed by atoms with van der Waals surface area (Å²) < 4.78 is 13.1. The van der Waals surface area contributed by atoms with Gasteiger partial charge in [0.25, 0.3) is 0 Å². The summed E-state index contributed by atoms with van der Waals surface area (Å²) in [5, 5.41) is 7.57. The molecule has 2 rings (SSSR count). The van der Waals surface area contributed by atoms with Gasteiger partial charge in [0, 0.05) is 36.5 Å². The fourth-order valence-electron chi connectivity index (χ4n) is 2.02. The summed E-state index contributed by atoms with van der Waals surface area (Å²) in [5.74, 6) is 1.65. The van der Waals surface area contributed by atoms with Gasteiger partial charge in [0.05, 0.1) is 13.3 Å². The van der Waals surface area contributed by atoms with Crippen molar-refractivity contribution in [2.24, 2.45) is 0 Å². The lowest BCUT2D eigenvalue weighted by Gasteiger charge is -2.13. The van der Waals surface area contributed by atoms with Crippen molar-refractivity contribution in [3.63, 3.8) is 0 Å². The van der Waals surface area contributed by atoms with Gasteiger partial charge in [-0.15, -0.1) is 0 Å². The molecule has 0 unspecified atom stereocenters. The molecule has 114 valence electrons. The number of hydrogen-bond donors (Lipinski definition) is 1. The first-order valence-corrected chi connectivity index (χ1v) is 7.28. The Morgan fingerprint density at radius 3 is 2.81 bits per heavy atom. The van der Waals surface area contributed by atoms with Crippen molar-refractivity contribution in [1.29, 1.82) is 0 Å². The summed E-state index contributed by atoms with van der Waals surface area (Å²) in [4.78, 5) is 0. The Morgan fingerprint density at radius 2 is 2.14 bits per heavy atom. The van der Waals surface area contributed by atoms with Crippen LogP contribution in [-0.4, -0.2) is 23.4 Å². The standard InChI is InChI=1S/C16H23N3O2/c1-4-17-10-14-6-7-15(20-3)8-16(14)21-12-13-9-18-19(5-2)11-13/h6-9,11,17H,4-5,10,12H2,1-3H3. The zero-order chi connectivity index (χ0) is 15.1. The van der Waals surface area contributed by atoms with Gasteiger partial charge in [-0.3, -0.25) is 4.68 Å². The molecule has 0 aliphatic heterocycles. The molecule has 1 aromatic heterocycles. The van der Waals surface area contributed by atoms with E-state index in [2.05, 4.69) is 24.3 Å². The van der Waals surface area contributed by atoms with Crippen LogP contribution in [0.15, 0.2) is 30.6 Å². The summed E-state index contributed by atoms with van der Waals surface area (Å²) in [5.41, 5.74) is 2.19. The monoisotopic (exact) mass is 289 g/mol. The lowest BCUT2D eigenvalue weighted by Crippen LogP contribution is -2.13. The molecule has 1 heterocycles. The van der Waals surface area contributed by atoms with Gasteiger partial charge >= 0.3 is 0 Å². The van der Waals surface area contributed by atoms with E-state index in [4.69, 9.17) is 9.47 Å². The van der Waals surface area contributed by atoms with Gasteiger partial charge in [-0.1, -0.05) is 13.0 Å². The van der Waals surface area contributed by atoms with Crippen LogP contribution in [-0.2, 0) is 19.7 Å². The molecule has 0 saturated carbocycles. The van der Waals surface area contributed by atoms with Crippen LogP contribution in [0.4, 0.5) is 0 Å². The van der Waals surface area contributed by atoms with Crippen LogP contribution in [0.25, 0.3) is 0 Å². The van der Waals surface area contributed by atoms with E-state index in [9.17, 15) is 0 Å². The molecule has 0 atom stereocenters. The van der Waals surface area contributed by atoms with Crippen LogP contribution in [0, 0.1) is 0 Å². The molecule has 5 heteroatoms. The number of benzene rings is 1. The van der Waals surface area contributed by atoms with Crippen molar-refractivity contribution in [3.8, 4) is 11.5 Å². The highest BCUT2D eigenvalue weighted by Gasteiger charge is 2.07. The molecule has 0 aliphatic carbocycles. The number of aromatic nitrogens is 2. The van der Waals surface area contributed by atoms with E-state index in [1.165, 1.54) is 0 Å². The minimum atomic E-state index is 0.506. The van der Waals surface area contributed by atoms with Crippen LogP contribution in [0.3, 0.4) is 0 Å². The summed E-state index contributed by atoms with van der Waals surface area (Å²) in [6.07, 6.45) is 3.85. The maximum Gasteiger partial charge on any atom is 0.127 e. The highest BCUT2D eigenvalue weighted by molar-refractivity contribution is 5.40. The van der Waals surface area contributed by atoms with Crippen molar-refractivity contribution in [2.45, 2.75) is 33.5 Å². The van der Waals surface area contributed by atoms with E-state index in [-0.39, 0.29) is 0 Å². The summed E-state index contributed by atoms with van der Waals surface area (Å²) in [7, 11) is 1.66. The number of aryl methyl sites for hydroxylation is 1. The van der Waals surface area contributed by atoms with Gasteiger partial charge in [0.2, 0.25) is 0 Å². The van der Waals surface area contributed by atoms with Gasteiger partial charge in [-0.2, -0.15) is 5.10 Å². The molecule has 0 bridgehead atoms. The second kappa shape index (κ2) is 7.69. The molecule has 0 spiro atoms. The van der Waals surface area contributed by atoms with Crippen LogP contribution >= 0.6 is 0 Å². The van der Waals surface area contributed by atoms with E-state index >= 15 is 0 Å². The summed E-state index contributed by atoms with van der Waals surface area (Å²) >= 11 is 0. The van der Waals surface area contributed by atoms with Crippen LogP contribution in [0.1, 0.15) is 25.0 Å². The zero-order valence-electron chi connectivity index (χ0n) is 12.9. The number of nitrogens with zero attached hydrogens (tertiary/aromatic N) is 2. The average molecular weight is 289 g/mol. The molecule has 2 aromatic rings. The molecule has 1 N–H and O–H groups in total. The molecule has 1 aromatic carbocycles. The van der Waals surface area contributed by atoms with Crippen LogP contribution in [0.2, 0.25) is 0 Å². The Morgan fingerprint density at radius 1 is 1.29 bits per heavy atom. The summed E-state index contributed by atoms with van der Waals surface area (Å²) in [6, 6.07) is 5.91. The maximum absolute atomic E-state index is 5.95. The molecule has 0 amide bonds. The SMILES string of the molecule is CCNCc1ccc(OC)cc1OCc1cnn(CC)c1. The van der Waals surface area contributed by atoms with Gasteiger partial charge in [-0.25, -0.2) is 0 Å². The Bertz CT molecular complexity index is 566. The Labute approximate surface area is 125 Å². The smallest absolute Gasteiger partial charge is 0.127 e. The normalized spacial score (nSPS) is 10.6. The number of methoxy groups -OCH3 is 1. The topological polar surface area (TPSA) is 48.3 Å². The van der Waals surface area contributed by atoms with Gasteiger partial charge in [-0.05, 0) is 19.5 Å². The molecule has 0 radical (unpaired) electrons. The van der Waals surface area contributed by atoms with Crippen molar-refractivity contribution in [2.75, 3.05) is 13.7 Å². The van der Waals surface area contributed by atoms with Crippen LogP contribution in [0.5, 0.6) is 11.5 Å². The first kappa shape index (κ1) is 15.4. The molecule has 0 aliphatic rings. The van der Waals surface area contributed by atoms with Crippen molar-refractivity contribution < 1.29 is 9.47 Å². The minimum Gasteiger partial charge on any atom is -0.497 e. The number of hydrogen-bond acceptors (Lipinski definition) is 4. The molecular formula is C16H23N3O2. The fourth-order valence-corrected chi connectivity index (χ4v) is 2.02. The minimum absolute atomic E-state index is 0.506. The quantitative estimate of drug-likeness (QED) is 0.811. The van der Waals surface area contributed by atoms with Gasteiger partial charge < -0.3 is 14.8 Å². The number of rotatable bonds is 8.